The topological polar surface area (TPSA) is 60.1 Å². The summed E-state index contributed by atoms with van der Waals surface area (Å²) in [7, 11) is 2.01. The number of benzene rings is 1. The Kier molecular flexibility index (Phi) is 4.36. The van der Waals surface area contributed by atoms with Gasteiger partial charge in [-0.25, -0.2) is 4.98 Å². The lowest BCUT2D eigenvalue weighted by molar-refractivity contribution is 0.0254. The molecule has 1 fully saturated rings. The first-order valence-corrected chi connectivity index (χ1v) is 8.87. The van der Waals surface area contributed by atoms with Crippen LogP contribution in [-0.2, 0) is 11.8 Å². The molecule has 0 amide bonds. The van der Waals surface area contributed by atoms with Crippen molar-refractivity contribution in [3.63, 3.8) is 0 Å². The Balaban J connectivity index is 1.72. The molecule has 0 saturated carbocycles. The lowest BCUT2D eigenvalue weighted by Gasteiger charge is -2.23. The number of aryl methyl sites for hydroxylation is 2. The van der Waals surface area contributed by atoms with Crippen molar-refractivity contribution in [2.24, 2.45) is 7.05 Å². The second kappa shape index (κ2) is 6.81. The molecule has 0 bridgehead atoms. The summed E-state index contributed by atoms with van der Waals surface area (Å²) in [6.07, 6.45) is 3.66. The van der Waals surface area contributed by atoms with Crippen LogP contribution in [0.1, 0.15) is 24.1 Å². The smallest absolute Gasteiger partial charge is 0.140 e. The van der Waals surface area contributed by atoms with E-state index < -0.39 is 0 Å². The molecular formula is C21H21N3O2. The van der Waals surface area contributed by atoms with Crippen molar-refractivity contribution in [2.75, 3.05) is 13.2 Å². The number of nitrogens with zero attached hydrogens (tertiary/aromatic N) is 3. The highest BCUT2D eigenvalue weighted by atomic mass is 16.5. The first-order chi connectivity index (χ1) is 12.7. The molecular weight excluding hydrogens is 326 g/mol. The summed E-state index contributed by atoms with van der Waals surface area (Å²) in [5.41, 5.74) is 4.74. The molecule has 0 aliphatic carbocycles. The van der Waals surface area contributed by atoms with Gasteiger partial charge in [0.1, 0.15) is 23.6 Å². The molecule has 5 nitrogen and oxygen atoms in total. The molecule has 1 aliphatic heterocycles. The molecule has 132 valence electrons. The largest absolute Gasteiger partial charge is 0.489 e. The molecule has 1 aliphatic rings. The van der Waals surface area contributed by atoms with Gasteiger partial charge in [-0.15, -0.1) is 0 Å². The van der Waals surface area contributed by atoms with E-state index in [0.29, 0.717) is 24.5 Å². The Morgan fingerprint density at radius 3 is 2.81 bits per heavy atom. The number of fused-ring (bicyclic) bond motifs is 1. The predicted molar refractivity (Wildman–Crippen MR) is 100 cm³/mol. The third-order valence-corrected chi connectivity index (χ3v) is 5.04. The average molecular weight is 347 g/mol. The summed E-state index contributed by atoms with van der Waals surface area (Å²) in [4.78, 5) is 4.49. The highest BCUT2D eigenvalue weighted by Crippen LogP contribution is 2.32. The average Bonchev–Trinajstić information content (AvgIpc) is 2.97. The number of aromatic nitrogens is 2. The Morgan fingerprint density at radius 1 is 1.23 bits per heavy atom. The fourth-order valence-corrected chi connectivity index (χ4v) is 3.46. The molecule has 1 aromatic carbocycles. The van der Waals surface area contributed by atoms with Crippen molar-refractivity contribution in [3.05, 3.63) is 47.8 Å². The van der Waals surface area contributed by atoms with E-state index in [0.717, 1.165) is 40.7 Å². The molecule has 0 N–H and O–H groups in total. The highest BCUT2D eigenvalue weighted by molar-refractivity contribution is 5.94. The third-order valence-electron chi connectivity index (χ3n) is 5.04. The van der Waals surface area contributed by atoms with Crippen LogP contribution in [0.5, 0.6) is 5.75 Å². The molecule has 0 unspecified atom stereocenters. The maximum atomic E-state index is 9.61. The summed E-state index contributed by atoms with van der Waals surface area (Å²) in [5, 5.41) is 10.7. The lowest BCUT2D eigenvalue weighted by atomic mass is 10.0. The number of nitriles is 1. The standard InChI is InChI=1S/C21H21N3O2/c1-14-11-19-18(5-8-23-21(19)24(14)2)15-3-4-20(16(12-15)13-22)26-17-6-9-25-10-7-17/h3-5,8,11-12,17H,6-7,9-10H2,1-2H3. The van der Waals surface area contributed by atoms with Crippen molar-refractivity contribution in [2.45, 2.75) is 25.9 Å². The lowest BCUT2D eigenvalue weighted by Crippen LogP contribution is -2.26. The van der Waals surface area contributed by atoms with E-state index >= 15 is 0 Å². The van der Waals surface area contributed by atoms with E-state index in [4.69, 9.17) is 9.47 Å². The number of pyridine rings is 1. The van der Waals surface area contributed by atoms with E-state index in [1.807, 2.05) is 37.5 Å². The molecule has 3 heterocycles. The van der Waals surface area contributed by atoms with Crippen LogP contribution in [0.2, 0.25) is 0 Å². The van der Waals surface area contributed by atoms with Crippen LogP contribution in [-0.4, -0.2) is 28.9 Å². The van der Waals surface area contributed by atoms with Gasteiger partial charge >= 0.3 is 0 Å². The van der Waals surface area contributed by atoms with Gasteiger partial charge in [0.05, 0.1) is 18.8 Å². The minimum absolute atomic E-state index is 0.117. The maximum Gasteiger partial charge on any atom is 0.140 e. The van der Waals surface area contributed by atoms with Crippen LogP contribution in [0.4, 0.5) is 0 Å². The minimum Gasteiger partial charge on any atom is -0.489 e. The number of hydrogen-bond acceptors (Lipinski definition) is 4. The highest BCUT2D eigenvalue weighted by Gasteiger charge is 2.18. The molecule has 0 radical (unpaired) electrons. The minimum atomic E-state index is 0.117. The molecule has 3 aromatic rings. The van der Waals surface area contributed by atoms with E-state index in [9.17, 15) is 5.26 Å². The molecule has 4 rings (SSSR count). The van der Waals surface area contributed by atoms with E-state index in [-0.39, 0.29) is 6.10 Å². The number of hydrogen-bond donors (Lipinski definition) is 0. The van der Waals surface area contributed by atoms with Crippen LogP contribution in [0.3, 0.4) is 0 Å². The van der Waals surface area contributed by atoms with Crippen LogP contribution in [0.25, 0.3) is 22.2 Å². The quantitative estimate of drug-likeness (QED) is 0.719. The van der Waals surface area contributed by atoms with Gasteiger partial charge in [-0.3, -0.25) is 0 Å². The Hall–Kier alpha value is -2.84. The molecule has 26 heavy (non-hydrogen) atoms. The first-order valence-electron chi connectivity index (χ1n) is 8.87. The van der Waals surface area contributed by atoms with Crippen molar-refractivity contribution < 1.29 is 9.47 Å². The van der Waals surface area contributed by atoms with Gasteiger partial charge in [0, 0.05) is 37.2 Å². The predicted octanol–water partition coefficient (Wildman–Crippen LogP) is 3.98. The van der Waals surface area contributed by atoms with Gasteiger partial charge in [-0.1, -0.05) is 6.07 Å². The summed E-state index contributed by atoms with van der Waals surface area (Å²) in [5.74, 6) is 0.651. The summed E-state index contributed by atoms with van der Waals surface area (Å²) >= 11 is 0. The van der Waals surface area contributed by atoms with Crippen molar-refractivity contribution in [1.82, 2.24) is 9.55 Å². The second-order valence-corrected chi connectivity index (χ2v) is 6.69. The summed E-state index contributed by atoms with van der Waals surface area (Å²) in [6, 6.07) is 12.3. The van der Waals surface area contributed by atoms with E-state index in [1.54, 1.807) is 0 Å². The van der Waals surface area contributed by atoms with Crippen LogP contribution >= 0.6 is 0 Å². The summed E-state index contributed by atoms with van der Waals surface area (Å²) in [6.45, 7) is 3.50. The fourth-order valence-electron chi connectivity index (χ4n) is 3.46. The van der Waals surface area contributed by atoms with Crippen LogP contribution in [0.15, 0.2) is 36.5 Å². The van der Waals surface area contributed by atoms with Crippen molar-refractivity contribution >= 4 is 11.0 Å². The molecule has 2 aromatic heterocycles. The van der Waals surface area contributed by atoms with E-state index in [2.05, 4.69) is 28.6 Å². The Morgan fingerprint density at radius 2 is 2.04 bits per heavy atom. The normalized spacial score (nSPS) is 15.1. The van der Waals surface area contributed by atoms with Crippen molar-refractivity contribution in [1.29, 1.82) is 5.26 Å². The third kappa shape index (κ3) is 2.93. The summed E-state index contributed by atoms with van der Waals surface area (Å²) < 4.78 is 13.5. The maximum absolute atomic E-state index is 9.61. The zero-order valence-electron chi connectivity index (χ0n) is 15.0. The molecule has 1 saturated heterocycles. The zero-order valence-corrected chi connectivity index (χ0v) is 15.0. The zero-order chi connectivity index (χ0) is 18.1. The first kappa shape index (κ1) is 16.6. The van der Waals surface area contributed by atoms with Gasteiger partial charge in [0.15, 0.2) is 0 Å². The van der Waals surface area contributed by atoms with E-state index in [1.165, 1.54) is 0 Å². The molecule has 0 atom stereocenters. The second-order valence-electron chi connectivity index (χ2n) is 6.69. The Bertz CT molecular complexity index is 994. The van der Waals surface area contributed by atoms with Gasteiger partial charge in [0.25, 0.3) is 0 Å². The SMILES string of the molecule is Cc1cc2c(-c3ccc(OC4CCOCC4)c(C#N)c3)ccnc2n1C. The van der Waals surface area contributed by atoms with Gasteiger partial charge in [0.2, 0.25) is 0 Å². The molecule has 0 spiro atoms. The molecule has 5 heteroatoms. The van der Waals surface area contributed by atoms with Gasteiger partial charge < -0.3 is 14.0 Å². The van der Waals surface area contributed by atoms with Gasteiger partial charge in [-0.2, -0.15) is 5.26 Å². The number of ether oxygens (including phenoxy) is 2. The van der Waals surface area contributed by atoms with Crippen LogP contribution < -0.4 is 4.74 Å². The Labute approximate surface area is 152 Å². The van der Waals surface area contributed by atoms with Crippen molar-refractivity contribution in [3.8, 4) is 22.9 Å². The monoisotopic (exact) mass is 347 g/mol. The number of rotatable bonds is 3. The fraction of sp³-hybridized carbons (Fsp3) is 0.333. The van der Waals surface area contributed by atoms with Crippen LogP contribution in [0, 0.1) is 18.3 Å². The van der Waals surface area contributed by atoms with Gasteiger partial charge in [-0.05, 0) is 42.3 Å².